The topological polar surface area (TPSA) is 22.1 Å². The van der Waals surface area contributed by atoms with Crippen LogP contribution in [0.15, 0.2) is 29.8 Å². The third-order valence-corrected chi connectivity index (χ3v) is 3.42. The fourth-order valence-electron chi connectivity index (χ4n) is 1.82. The number of ether oxygens (including phenoxy) is 1. The molecule has 1 aliphatic heterocycles. The zero-order chi connectivity index (χ0) is 10.1. The van der Waals surface area contributed by atoms with E-state index in [4.69, 9.17) is 4.74 Å². The van der Waals surface area contributed by atoms with E-state index in [1.807, 2.05) is 5.51 Å². The van der Waals surface area contributed by atoms with Gasteiger partial charge < -0.3 is 4.74 Å². The van der Waals surface area contributed by atoms with Crippen LogP contribution in [0.5, 0.6) is 0 Å². The van der Waals surface area contributed by atoms with Gasteiger partial charge >= 0.3 is 0 Å². The quantitative estimate of drug-likeness (QED) is 0.732. The van der Waals surface area contributed by atoms with Gasteiger partial charge in [0.1, 0.15) is 0 Å². The summed E-state index contributed by atoms with van der Waals surface area (Å²) in [5, 5.41) is 0. The maximum absolute atomic E-state index is 5.44. The number of thiazole rings is 1. The first-order chi connectivity index (χ1) is 7.43. The smallest absolute Gasteiger partial charge is 0.0818 e. The van der Waals surface area contributed by atoms with E-state index in [9.17, 15) is 0 Å². The van der Waals surface area contributed by atoms with Gasteiger partial charge in [-0.1, -0.05) is 12.1 Å². The van der Waals surface area contributed by atoms with Crippen LogP contribution in [0, 0.1) is 0 Å². The van der Waals surface area contributed by atoms with Crippen molar-refractivity contribution in [2.45, 2.75) is 6.42 Å². The monoisotopic (exact) mass is 217 g/mol. The Morgan fingerprint density at radius 1 is 1.33 bits per heavy atom. The van der Waals surface area contributed by atoms with Crippen molar-refractivity contribution in [1.82, 2.24) is 4.98 Å². The number of rotatable bonds is 1. The predicted molar refractivity (Wildman–Crippen MR) is 63.0 cm³/mol. The van der Waals surface area contributed by atoms with Crippen molar-refractivity contribution >= 4 is 27.1 Å². The normalized spacial score (nSPS) is 16.7. The molecule has 1 aliphatic rings. The Kier molecular flexibility index (Phi) is 2.27. The molecule has 2 nitrogen and oxygen atoms in total. The summed E-state index contributed by atoms with van der Waals surface area (Å²) in [5.41, 5.74) is 5.51. The van der Waals surface area contributed by atoms with Gasteiger partial charge in [-0.15, -0.1) is 11.3 Å². The molecule has 3 heteroatoms. The molecule has 0 fully saturated rings. The average Bonchev–Trinajstić information content (AvgIpc) is 2.77. The van der Waals surface area contributed by atoms with Crippen LogP contribution >= 0.6 is 11.3 Å². The molecule has 0 saturated heterocycles. The van der Waals surface area contributed by atoms with Gasteiger partial charge in [0.25, 0.3) is 0 Å². The van der Waals surface area contributed by atoms with Crippen LogP contribution in [0.1, 0.15) is 12.0 Å². The molecule has 0 amide bonds. The van der Waals surface area contributed by atoms with Crippen molar-refractivity contribution in [2.24, 2.45) is 0 Å². The first kappa shape index (κ1) is 9.07. The van der Waals surface area contributed by atoms with Crippen LogP contribution < -0.4 is 0 Å². The minimum absolute atomic E-state index is 0.732. The lowest BCUT2D eigenvalue weighted by molar-refractivity contribution is 0.164. The van der Waals surface area contributed by atoms with E-state index in [0.29, 0.717) is 0 Å². The van der Waals surface area contributed by atoms with Crippen molar-refractivity contribution in [3.63, 3.8) is 0 Å². The van der Waals surface area contributed by atoms with Gasteiger partial charge in [0.15, 0.2) is 0 Å². The minimum Gasteiger partial charge on any atom is -0.376 e. The van der Waals surface area contributed by atoms with E-state index in [-0.39, 0.29) is 0 Å². The van der Waals surface area contributed by atoms with Crippen LogP contribution in [0.25, 0.3) is 15.8 Å². The predicted octanol–water partition coefficient (Wildman–Crippen LogP) is 3.10. The number of hydrogen-bond donors (Lipinski definition) is 0. The first-order valence-corrected chi connectivity index (χ1v) is 5.92. The highest BCUT2D eigenvalue weighted by Gasteiger charge is 2.07. The van der Waals surface area contributed by atoms with Gasteiger partial charge in [0.05, 0.1) is 28.9 Å². The second-order valence-electron chi connectivity index (χ2n) is 3.61. The maximum Gasteiger partial charge on any atom is 0.0818 e. The fourth-order valence-corrected chi connectivity index (χ4v) is 2.48. The Labute approximate surface area is 92.2 Å². The Bertz CT molecular complexity index is 515. The summed E-state index contributed by atoms with van der Waals surface area (Å²) in [4.78, 5) is 4.32. The Hall–Kier alpha value is -1.19. The molecule has 0 radical (unpaired) electrons. The van der Waals surface area contributed by atoms with Gasteiger partial charge in [-0.2, -0.15) is 0 Å². The minimum atomic E-state index is 0.732. The van der Waals surface area contributed by atoms with Crippen LogP contribution in [-0.2, 0) is 4.74 Å². The lowest BCUT2D eigenvalue weighted by Gasteiger charge is -2.13. The molecule has 1 aromatic heterocycles. The number of fused-ring (bicyclic) bond motifs is 1. The second-order valence-corrected chi connectivity index (χ2v) is 4.49. The SMILES string of the molecule is C1=C(c2ccc3scnc3c2)COCC1. The van der Waals surface area contributed by atoms with Crippen LogP contribution in [-0.4, -0.2) is 18.2 Å². The second kappa shape index (κ2) is 3.76. The van der Waals surface area contributed by atoms with Gasteiger partial charge in [0, 0.05) is 0 Å². The van der Waals surface area contributed by atoms with Crippen LogP contribution in [0.3, 0.4) is 0 Å². The van der Waals surface area contributed by atoms with Crippen LogP contribution in [0.2, 0.25) is 0 Å². The molecule has 0 saturated carbocycles. The van der Waals surface area contributed by atoms with E-state index in [1.54, 1.807) is 11.3 Å². The van der Waals surface area contributed by atoms with E-state index in [2.05, 4.69) is 29.3 Å². The summed E-state index contributed by atoms with van der Waals surface area (Å²) >= 11 is 1.68. The molecular weight excluding hydrogens is 206 g/mol. The van der Waals surface area contributed by atoms with E-state index in [1.165, 1.54) is 15.8 Å². The molecule has 15 heavy (non-hydrogen) atoms. The molecule has 0 unspecified atom stereocenters. The molecule has 0 spiro atoms. The highest BCUT2D eigenvalue weighted by atomic mass is 32.1. The average molecular weight is 217 g/mol. The lowest BCUT2D eigenvalue weighted by atomic mass is 10.0. The van der Waals surface area contributed by atoms with Crippen molar-refractivity contribution in [1.29, 1.82) is 0 Å². The Balaban J connectivity index is 2.06. The van der Waals surface area contributed by atoms with Crippen LogP contribution in [0.4, 0.5) is 0 Å². The Morgan fingerprint density at radius 3 is 3.20 bits per heavy atom. The zero-order valence-corrected chi connectivity index (χ0v) is 9.09. The van der Waals surface area contributed by atoms with E-state index >= 15 is 0 Å². The van der Waals surface area contributed by atoms with E-state index < -0.39 is 0 Å². The van der Waals surface area contributed by atoms with Crippen molar-refractivity contribution in [3.8, 4) is 0 Å². The lowest BCUT2D eigenvalue weighted by Crippen LogP contribution is -2.04. The fraction of sp³-hybridized carbons (Fsp3) is 0.250. The van der Waals surface area contributed by atoms with Gasteiger partial charge in [-0.3, -0.25) is 0 Å². The number of benzene rings is 1. The van der Waals surface area contributed by atoms with Gasteiger partial charge in [0.2, 0.25) is 0 Å². The molecule has 3 rings (SSSR count). The summed E-state index contributed by atoms with van der Waals surface area (Å²) < 4.78 is 6.69. The van der Waals surface area contributed by atoms with Crippen molar-refractivity contribution in [2.75, 3.05) is 13.2 Å². The van der Waals surface area contributed by atoms with Gasteiger partial charge in [-0.25, -0.2) is 4.98 Å². The summed E-state index contributed by atoms with van der Waals surface area (Å²) in [7, 11) is 0. The number of hydrogen-bond acceptors (Lipinski definition) is 3. The molecule has 1 aromatic carbocycles. The van der Waals surface area contributed by atoms with Gasteiger partial charge in [-0.05, 0) is 29.7 Å². The van der Waals surface area contributed by atoms with Crippen molar-refractivity contribution in [3.05, 3.63) is 35.3 Å². The third-order valence-electron chi connectivity index (χ3n) is 2.61. The molecule has 2 aromatic rings. The number of aromatic nitrogens is 1. The molecule has 0 atom stereocenters. The van der Waals surface area contributed by atoms with E-state index in [0.717, 1.165) is 25.2 Å². The largest absolute Gasteiger partial charge is 0.376 e. The zero-order valence-electron chi connectivity index (χ0n) is 8.27. The third kappa shape index (κ3) is 1.68. The molecule has 0 N–H and O–H groups in total. The highest BCUT2D eigenvalue weighted by Crippen LogP contribution is 2.24. The molecule has 2 heterocycles. The first-order valence-electron chi connectivity index (χ1n) is 5.04. The summed E-state index contributed by atoms with van der Waals surface area (Å²) in [6.07, 6.45) is 3.28. The highest BCUT2D eigenvalue weighted by molar-refractivity contribution is 7.16. The summed E-state index contributed by atoms with van der Waals surface area (Å²) in [6.45, 7) is 1.58. The number of nitrogens with zero attached hydrogens (tertiary/aromatic N) is 1. The molecule has 76 valence electrons. The molecule has 0 aliphatic carbocycles. The molecular formula is C12H11NOS. The standard InChI is InChI=1S/C12H11NOS/c1-2-10(7-14-5-1)9-3-4-12-11(6-9)13-8-15-12/h2-4,6,8H,1,5,7H2. The summed E-state index contributed by atoms with van der Waals surface area (Å²) in [6, 6.07) is 6.44. The summed E-state index contributed by atoms with van der Waals surface area (Å²) in [5.74, 6) is 0. The Morgan fingerprint density at radius 2 is 2.33 bits per heavy atom. The molecule has 0 bridgehead atoms. The maximum atomic E-state index is 5.44. The van der Waals surface area contributed by atoms with Crippen molar-refractivity contribution < 1.29 is 4.74 Å².